The molecular weight excluding hydrogens is 158 g/mol. The van der Waals surface area contributed by atoms with Crippen LogP contribution in [0, 0.1) is 11.3 Å². The van der Waals surface area contributed by atoms with Gasteiger partial charge >= 0.3 is 0 Å². The van der Waals surface area contributed by atoms with E-state index < -0.39 is 0 Å². The maximum absolute atomic E-state index is 8.23. The van der Waals surface area contributed by atoms with Crippen LogP contribution in [0.3, 0.4) is 0 Å². The Kier molecular flexibility index (Phi) is 9.62. The van der Waals surface area contributed by atoms with Crippen molar-refractivity contribution < 1.29 is 4.74 Å². The van der Waals surface area contributed by atoms with Gasteiger partial charge < -0.3 is 4.74 Å². The molecule has 0 aliphatic carbocycles. The SMILES string of the molecule is COCCSCCCCC#N. The van der Waals surface area contributed by atoms with Gasteiger partial charge in [-0.1, -0.05) is 0 Å². The van der Waals surface area contributed by atoms with Gasteiger partial charge in [-0.2, -0.15) is 17.0 Å². The van der Waals surface area contributed by atoms with Crippen LogP contribution in [0.1, 0.15) is 19.3 Å². The molecule has 0 N–H and O–H groups in total. The summed E-state index contributed by atoms with van der Waals surface area (Å²) >= 11 is 1.89. The van der Waals surface area contributed by atoms with Crippen LogP contribution in [0.2, 0.25) is 0 Å². The van der Waals surface area contributed by atoms with Crippen molar-refractivity contribution in [1.82, 2.24) is 0 Å². The Hall–Kier alpha value is -0.200. The minimum Gasteiger partial charge on any atom is -0.384 e. The molecule has 0 bridgehead atoms. The largest absolute Gasteiger partial charge is 0.384 e. The van der Waals surface area contributed by atoms with E-state index in [0.29, 0.717) is 6.42 Å². The highest BCUT2D eigenvalue weighted by atomic mass is 32.2. The number of hydrogen-bond donors (Lipinski definition) is 0. The number of unbranched alkanes of at least 4 members (excludes halogenated alkanes) is 2. The quantitative estimate of drug-likeness (QED) is 0.552. The summed E-state index contributed by atoms with van der Waals surface area (Å²) in [6, 6.07) is 2.14. The van der Waals surface area contributed by atoms with Crippen molar-refractivity contribution >= 4 is 11.8 Å². The third kappa shape index (κ3) is 9.80. The van der Waals surface area contributed by atoms with Crippen molar-refractivity contribution in [2.24, 2.45) is 0 Å². The van der Waals surface area contributed by atoms with Gasteiger partial charge in [0, 0.05) is 19.3 Å². The van der Waals surface area contributed by atoms with Gasteiger partial charge in [-0.15, -0.1) is 0 Å². The molecular formula is C8H15NOS. The van der Waals surface area contributed by atoms with Gasteiger partial charge in [0.15, 0.2) is 0 Å². The summed E-state index contributed by atoms with van der Waals surface area (Å²) in [5.41, 5.74) is 0. The number of nitrogens with zero attached hydrogens (tertiary/aromatic N) is 1. The molecule has 3 heteroatoms. The van der Waals surface area contributed by atoms with Gasteiger partial charge in [0.05, 0.1) is 12.7 Å². The topological polar surface area (TPSA) is 33.0 Å². The Morgan fingerprint density at radius 3 is 2.82 bits per heavy atom. The van der Waals surface area contributed by atoms with Gasteiger partial charge in [0.25, 0.3) is 0 Å². The van der Waals surface area contributed by atoms with E-state index >= 15 is 0 Å². The Labute approximate surface area is 72.9 Å². The molecule has 0 saturated heterocycles. The fourth-order valence-electron chi connectivity index (χ4n) is 0.653. The molecule has 64 valence electrons. The normalized spacial score (nSPS) is 9.45. The number of nitriles is 1. The highest BCUT2D eigenvalue weighted by molar-refractivity contribution is 7.99. The molecule has 0 amide bonds. The van der Waals surface area contributed by atoms with Gasteiger partial charge in [0.1, 0.15) is 0 Å². The van der Waals surface area contributed by atoms with E-state index in [1.807, 2.05) is 11.8 Å². The number of rotatable bonds is 7. The second-order valence-corrected chi connectivity index (χ2v) is 3.45. The molecule has 0 aliphatic heterocycles. The second-order valence-electron chi connectivity index (χ2n) is 2.22. The number of ether oxygens (including phenoxy) is 1. The molecule has 0 radical (unpaired) electrons. The van der Waals surface area contributed by atoms with E-state index in [1.165, 1.54) is 0 Å². The molecule has 0 aromatic rings. The molecule has 2 nitrogen and oxygen atoms in total. The summed E-state index contributed by atoms with van der Waals surface area (Å²) in [6.07, 6.45) is 2.89. The van der Waals surface area contributed by atoms with Crippen LogP contribution < -0.4 is 0 Å². The molecule has 0 aromatic carbocycles. The van der Waals surface area contributed by atoms with E-state index in [4.69, 9.17) is 10.00 Å². The summed E-state index contributed by atoms with van der Waals surface area (Å²) in [4.78, 5) is 0. The van der Waals surface area contributed by atoms with Crippen LogP contribution >= 0.6 is 11.8 Å². The molecule has 0 atom stereocenters. The van der Waals surface area contributed by atoms with Crippen molar-refractivity contribution in [1.29, 1.82) is 5.26 Å². The second kappa shape index (κ2) is 9.80. The zero-order chi connectivity index (χ0) is 8.36. The van der Waals surface area contributed by atoms with E-state index in [2.05, 4.69) is 6.07 Å². The lowest BCUT2D eigenvalue weighted by Crippen LogP contribution is -1.92. The van der Waals surface area contributed by atoms with Gasteiger partial charge in [-0.05, 0) is 18.6 Å². The smallest absolute Gasteiger partial charge is 0.0621 e. The number of methoxy groups -OCH3 is 1. The van der Waals surface area contributed by atoms with Crippen molar-refractivity contribution in [2.75, 3.05) is 25.2 Å². The molecule has 0 fully saturated rings. The minimum atomic E-state index is 0.699. The first kappa shape index (κ1) is 10.8. The minimum absolute atomic E-state index is 0.699. The Balaban J connectivity index is 2.75. The van der Waals surface area contributed by atoms with Gasteiger partial charge in [0.2, 0.25) is 0 Å². The number of thioether (sulfide) groups is 1. The highest BCUT2D eigenvalue weighted by Gasteiger charge is 1.89. The van der Waals surface area contributed by atoms with E-state index in [1.54, 1.807) is 7.11 Å². The third-order valence-electron chi connectivity index (χ3n) is 1.26. The standard InChI is InChI=1S/C8H15NOS/c1-10-6-8-11-7-4-2-3-5-9/h2-4,6-8H2,1H3. The summed E-state index contributed by atoms with van der Waals surface area (Å²) in [5, 5.41) is 8.23. The number of hydrogen-bond acceptors (Lipinski definition) is 3. The summed E-state index contributed by atoms with van der Waals surface area (Å²) in [6.45, 7) is 0.836. The molecule has 0 aliphatic rings. The molecule has 11 heavy (non-hydrogen) atoms. The molecule has 0 spiro atoms. The predicted octanol–water partition coefficient (Wildman–Crippen LogP) is 2.06. The molecule has 0 saturated carbocycles. The third-order valence-corrected chi connectivity index (χ3v) is 2.29. The van der Waals surface area contributed by atoms with E-state index in [0.717, 1.165) is 31.0 Å². The van der Waals surface area contributed by atoms with Crippen LogP contribution in [0.25, 0.3) is 0 Å². The summed E-state index contributed by atoms with van der Waals surface area (Å²) in [5.74, 6) is 2.23. The van der Waals surface area contributed by atoms with Gasteiger partial charge in [-0.3, -0.25) is 0 Å². The Morgan fingerprint density at radius 1 is 1.36 bits per heavy atom. The summed E-state index contributed by atoms with van der Waals surface area (Å²) in [7, 11) is 1.72. The first-order chi connectivity index (χ1) is 5.41. The van der Waals surface area contributed by atoms with Crippen molar-refractivity contribution in [3.63, 3.8) is 0 Å². The average Bonchev–Trinajstić information content (AvgIpc) is 2.03. The van der Waals surface area contributed by atoms with Crippen LogP contribution in [-0.2, 0) is 4.74 Å². The fourth-order valence-corrected chi connectivity index (χ4v) is 1.55. The molecule has 0 unspecified atom stereocenters. The lowest BCUT2D eigenvalue weighted by Gasteiger charge is -1.98. The fraction of sp³-hybridized carbons (Fsp3) is 0.875. The van der Waals surface area contributed by atoms with Crippen LogP contribution in [0.4, 0.5) is 0 Å². The van der Waals surface area contributed by atoms with E-state index in [9.17, 15) is 0 Å². The average molecular weight is 173 g/mol. The highest BCUT2D eigenvalue weighted by Crippen LogP contribution is 2.05. The van der Waals surface area contributed by atoms with Crippen LogP contribution in [0.15, 0.2) is 0 Å². The zero-order valence-electron chi connectivity index (χ0n) is 7.01. The lowest BCUT2D eigenvalue weighted by atomic mass is 10.3. The van der Waals surface area contributed by atoms with Crippen LogP contribution in [0.5, 0.6) is 0 Å². The molecule has 0 rings (SSSR count). The molecule has 0 heterocycles. The van der Waals surface area contributed by atoms with Gasteiger partial charge in [-0.25, -0.2) is 0 Å². The monoisotopic (exact) mass is 173 g/mol. The molecule has 0 aromatic heterocycles. The van der Waals surface area contributed by atoms with Crippen molar-refractivity contribution in [3.05, 3.63) is 0 Å². The maximum Gasteiger partial charge on any atom is 0.0621 e. The van der Waals surface area contributed by atoms with Crippen molar-refractivity contribution in [3.8, 4) is 6.07 Å². The lowest BCUT2D eigenvalue weighted by molar-refractivity contribution is 0.218. The first-order valence-electron chi connectivity index (χ1n) is 3.85. The first-order valence-corrected chi connectivity index (χ1v) is 5.01. The zero-order valence-corrected chi connectivity index (χ0v) is 7.82. The van der Waals surface area contributed by atoms with Crippen molar-refractivity contribution in [2.45, 2.75) is 19.3 Å². The summed E-state index contributed by atoms with van der Waals surface area (Å²) < 4.78 is 4.90. The Morgan fingerprint density at radius 2 is 2.18 bits per heavy atom. The van der Waals surface area contributed by atoms with E-state index in [-0.39, 0.29) is 0 Å². The Bertz CT molecular complexity index is 111. The maximum atomic E-state index is 8.23. The predicted molar refractivity (Wildman–Crippen MR) is 48.7 cm³/mol. The van der Waals surface area contributed by atoms with Crippen LogP contribution in [-0.4, -0.2) is 25.2 Å².